The molecule has 0 radical (unpaired) electrons. The molecular weight excluding hydrogens is 377 g/mol. The van der Waals surface area contributed by atoms with Crippen LogP contribution in [0.2, 0.25) is 5.02 Å². The highest BCUT2D eigenvalue weighted by Crippen LogP contribution is 2.38. The number of nitriles is 1. The molecule has 0 aromatic heterocycles. The molecule has 0 N–H and O–H groups in total. The quantitative estimate of drug-likeness (QED) is 0.373. The predicted molar refractivity (Wildman–Crippen MR) is 109 cm³/mol. The molecule has 140 valence electrons. The number of allylic oxidation sites excluding steroid dienone is 1. The van der Waals surface area contributed by atoms with E-state index in [-0.39, 0.29) is 11.1 Å². The van der Waals surface area contributed by atoms with Gasteiger partial charge in [-0.05, 0) is 35.4 Å². The standard InChI is InChI=1S/C23H17ClFNO2/c1-27-22-13-17(11-18(14-26)19-9-5-6-10-21(19)25)12-20(24)23(22)28-15-16-7-3-2-4-8-16/h2-13H,15H2,1H3. The van der Waals surface area contributed by atoms with Crippen molar-refractivity contribution in [1.82, 2.24) is 0 Å². The van der Waals surface area contributed by atoms with Gasteiger partial charge in [0.25, 0.3) is 0 Å². The Labute approximate surface area is 168 Å². The van der Waals surface area contributed by atoms with Gasteiger partial charge in [0, 0.05) is 5.56 Å². The fraction of sp³-hybridized carbons (Fsp3) is 0.0870. The van der Waals surface area contributed by atoms with Crippen molar-refractivity contribution in [2.75, 3.05) is 7.11 Å². The highest BCUT2D eigenvalue weighted by atomic mass is 35.5. The van der Waals surface area contributed by atoms with Crippen molar-refractivity contribution in [3.8, 4) is 17.6 Å². The lowest BCUT2D eigenvalue weighted by molar-refractivity contribution is 0.284. The highest BCUT2D eigenvalue weighted by Gasteiger charge is 2.13. The maximum atomic E-state index is 14.0. The summed E-state index contributed by atoms with van der Waals surface area (Å²) in [4.78, 5) is 0. The zero-order chi connectivity index (χ0) is 19.9. The molecule has 3 nitrogen and oxygen atoms in total. The summed E-state index contributed by atoms with van der Waals surface area (Å²) in [6, 6.07) is 21.2. The van der Waals surface area contributed by atoms with Crippen molar-refractivity contribution in [2.45, 2.75) is 6.61 Å². The molecule has 0 aliphatic carbocycles. The number of halogens is 2. The molecule has 0 fully saturated rings. The lowest BCUT2D eigenvalue weighted by Crippen LogP contribution is -1.99. The molecule has 5 heteroatoms. The Morgan fingerprint density at radius 2 is 1.82 bits per heavy atom. The summed E-state index contributed by atoms with van der Waals surface area (Å²) in [5, 5.41) is 9.79. The summed E-state index contributed by atoms with van der Waals surface area (Å²) < 4.78 is 25.3. The summed E-state index contributed by atoms with van der Waals surface area (Å²) in [6.45, 7) is 0.338. The van der Waals surface area contributed by atoms with Crippen LogP contribution in [0.1, 0.15) is 16.7 Å². The number of ether oxygens (including phenoxy) is 2. The van der Waals surface area contributed by atoms with Gasteiger partial charge in [0.1, 0.15) is 12.4 Å². The third-order valence-corrected chi connectivity index (χ3v) is 4.35. The van der Waals surface area contributed by atoms with E-state index in [2.05, 4.69) is 0 Å². The first-order valence-corrected chi connectivity index (χ1v) is 8.91. The van der Waals surface area contributed by atoms with E-state index >= 15 is 0 Å². The van der Waals surface area contributed by atoms with Gasteiger partial charge in [-0.15, -0.1) is 0 Å². The van der Waals surface area contributed by atoms with Crippen LogP contribution in [0.5, 0.6) is 11.5 Å². The van der Waals surface area contributed by atoms with E-state index in [0.29, 0.717) is 28.7 Å². The van der Waals surface area contributed by atoms with Crippen LogP contribution in [-0.4, -0.2) is 7.11 Å². The number of hydrogen-bond donors (Lipinski definition) is 0. The van der Waals surface area contributed by atoms with Crippen molar-refractivity contribution in [2.24, 2.45) is 0 Å². The van der Waals surface area contributed by atoms with E-state index in [1.165, 1.54) is 13.2 Å². The van der Waals surface area contributed by atoms with Crippen LogP contribution < -0.4 is 9.47 Å². The third kappa shape index (κ3) is 4.51. The fourth-order valence-electron chi connectivity index (χ4n) is 2.71. The second kappa shape index (κ2) is 9.07. The molecule has 0 spiro atoms. The van der Waals surface area contributed by atoms with Gasteiger partial charge in [-0.2, -0.15) is 5.26 Å². The molecule has 0 atom stereocenters. The normalized spacial score (nSPS) is 11.0. The van der Waals surface area contributed by atoms with E-state index < -0.39 is 5.82 Å². The lowest BCUT2D eigenvalue weighted by atomic mass is 10.0. The van der Waals surface area contributed by atoms with E-state index in [4.69, 9.17) is 21.1 Å². The molecule has 3 aromatic carbocycles. The molecule has 0 heterocycles. The Morgan fingerprint density at radius 3 is 2.50 bits per heavy atom. The van der Waals surface area contributed by atoms with Gasteiger partial charge in [-0.25, -0.2) is 4.39 Å². The van der Waals surface area contributed by atoms with Crippen LogP contribution in [0.15, 0.2) is 66.7 Å². The molecule has 0 unspecified atom stereocenters. The number of methoxy groups -OCH3 is 1. The second-order valence-corrected chi connectivity index (χ2v) is 6.37. The van der Waals surface area contributed by atoms with Gasteiger partial charge in [-0.3, -0.25) is 0 Å². The minimum atomic E-state index is -0.462. The maximum absolute atomic E-state index is 14.0. The van der Waals surface area contributed by atoms with E-state index in [0.717, 1.165) is 5.56 Å². The van der Waals surface area contributed by atoms with Crippen molar-refractivity contribution < 1.29 is 13.9 Å². The lowest BCUT2D eigenvalue weighted by Gasteiger charge is -2.13. The zero-order valence-electron chi connectivity index (χ0n) is 15.2. The molecule has 0 aliphatic rings. The molecular formula is C23H17ClFNO2. The number of hydrogen-bond acceptors (Lipinski definition) is 3. The van der Waals surface area contributed by atoms with Crippen molar-refractivity contribution >= 4 is 23.3 Å². The van der Waals surface area contributed by atoms with Crippen LogP contribution in [0.25, 0.3) is 11.6 Å². The van der Waals surface area contributed by atoms with E-state index in [1.807, 2.05) is 36.4 Å². The van der Waals surface area contributed by atoms with Crippen LogP contribution in [0.3, 0.4) is 0 Å². The van der Waals surface area contributed by atoms with E-state index in [1.54, 1.807) is 36.4 Å². The number of nitrogens with zero attached hydrogens (tertiary/aromatic N) is 1. The molecule has 3 aromatic rings. The summed E-state index contributed by atoms with van der Waals surface area (Å²) in [5.41, 5.74) is 2.02. The molecule has 0 bridgehead atoms. The number of benzene rings is 3. The Balaban J connectivity index is 1.92. The van der Waals surface area contributed by atoms with Crippen LogP contribution in [0, 0.1) is 17.1 Å². The smallest absolute Gasteiger partial charge is 0.180 e. The first-order valence-electron chi connectivity index (χ1n) is 8.53. The average Bonchev–Trinajstić information content (AvgIpc) is 2.72. The zero-order valence-corrected chi connectivity index (χ0v) is 15.9. The summed E-state index contributed by atoms with van der Waals surface area (Å²) >= 11 is 6.39. The topological polar surface area (TPSA) is 42.2 Å². The predicted octanol–water partition coefficient (Wildman–Crippen LogP) is 6.13. The van der Waals surface area contributed by atoms with Crippen LogP contribution >= 0.6 is 11.6 Å². The van der Waals surface area contributed by atoms with Gasteiger partial charge in [0.2, 0.25) is 0 Å². The minimum absolute atomic E-state index is 0.189. The first-order chi connectivity index (χ1) is 13.6. The summed E-state index contributed by atoms with van der Waals surface area (Å²) in [5.74, 6) is 0.381. The van der Waals surface area contributed by atoms with Crippen LogP contribution in [0.4, 0.5) is 4.39 Å². The Hall–Kier alpha value is -3.29. The van der Waals surface area contributed by atoms with Gasteiger partial charge < -0.3 is 9.47 Å². The summed E-state index contributed by atoms with van der Waals surface area (Å²) in [6.07, 6.45) is 1.56. The summed E-state index contributed by atoms with van der Waals surface area (Å²) in [7, 11) is 1.51. The average molecular weight is 394 g/mol. The van der Waals surface area contributed by atoms with Gasteiger partial charge in [0.05, 0.1) is 23.8 Å². The molecule has 28 heavy (non-hydrogen) atoms. The molecule has 0 saturated carbocycles. The van der Waals surface area contributed by atoms with Crippen molar-refractivity contribution in [3.63, 3.8) is 0 Å². The van der Waals surface area contributed by atoms with Gasteiger partial charge in [0.15, 0.2) is 11.5 Å². The Bertz CT molecular complexity index is 1040. The van der Waals surface area contributed by atoms with Crippen LogP contribution in [-0.2, 0) is 6.61 Å². The Morgan fingerprint density at radius 1 is 1.11 bits per heavy atom. The fourth-order valence-corrected chi connectivity index (χ4v) is 2.98. The highest BCUT2D eigenvalue weighted by molar-refractivity contribution is 6.32. The largest absolute Gasteiger partial charge is 0.493 e. The molecule has 0 saturated heterocycles. The molecule has 3 rings (SSSR count). The van der Waals surface area contributed by atoms with Gasteiger partial charge >= 0.3 is 0 Å². The molecule has 0 aliphatic heterocycles. The van der Waals surface area contributed by atoms with Crippen molar-refractivity contribution in [1.29, 1.82) is 5.26 Å². The van der Waals surface area contributed by atoms with E-state index in [9.17, 15) is 9.65 Å². The molecule has 0 amide bonds. The number of rotatable bonds is 6. The van der Waals surface area contributed by atoms with Gasteiger partial charge in [-0.1, -0.05) is 60.1 Å². The first kappa shape index (κ1) is 19.5. The maximum Gasteiger partial charge on any atom is 0.180 e. The SMILES string of the molecule is COc1cc(C=C(C#N)c2ccccc2F)cc(Cl)c1OCc1ccccc1. The van der Waals surface area contributed by atoms with Crippen molar-refractivity contribution in [3.05, 3.63) is 94.3 Å². The minimum Gasteiger partial charge on any atom is -0.493 e. The third-order valence-electron chi connectivity index (χ3n) is 4.07. The second-order valence-electron chi connectivity index (χ2n) is 5.96. The Kier molecular flexibility index (Phi) is 6.31. The monoisotopic (exact) mass is 393 g/mol.